The molecule has 0 radical (unpaired) electrons. The number of aliphatic carboxylic acids is 1. The fourth-order valence-corrected chi connectivity index (χ4v) is 3.64. The van der Waals surface area contributed by atoms with Crippen LogP contribution in [0, 0.1) is 0 Å². The third-order valence-electron chi connectivity index (χ3n) is 3.67. The van der Waals surface area contributed by atoms with Crippen molar-refractivity contribution in [2.45, 2.75) is 18.8 Å². The Hall–Kier alpha value is -2.35. The Kier molecular flexibility index (Phi) is 3.40. The van der Waals surface area contributed by atoms with Crippen LogP contribution in [0.2, 0.25) is 0 Å². The van der Waals surface area contributed by atoms with Gasteiger partial charge in [-0.15, -0.1) is 11.3 Å². The lowest BCUT2D eigenvalue weighted by Gasteiger charge is -2.08. The third kappa shape index (κ3) is 2.35. The van der Waals surface area contributed by atoms with Crippen LogP contribution in [-0.4, -0.2) is 33.2 Å². The molecule has 0 aliphatic heterocycles. The molecule has 0 bridgehead atoms. The number of hydrogen-bond acceptors (Lipinski definition) is 5. The number of carbonyl (C=O) groups excluding carboxylic acids is 1. The topological polar surface area (TPSA) is 109 Å². The standard InChI is InChI=1S/C14H14N2O5S/c1-16-7-4-8(6-2-3-6)22-12(7)11(19)10(14(16)21)13(20)15-5-9(17)18/h4,6,19H,2-3,5H2,1H3,(H,15,20)(H,17,18). The molecule has 2 heterocycles. The molecule has 3 N–H and O–H groups in total. The van der Waals surface area contributed by atoms with Crippen LogP contribution in [0.25, 0.3) is 10.2 Å². The maximum Gasteiger partial charge on any atom is 0.322 e. The average Bonchev–Trinajstić information content (AvgIpc) is 3.21. The Bertz CT molecular complexity index is 847. The molecule has 7 nitrogen and oxygen atoms in total. The van der Waals surface area contributed by atoms with Gasteiger partial charge in [-0.05, 0) is 24.8 Å². The van der Waals surface area contributed by atoms with Gasteiger partial charge < -0.3 is 20.1 Å². The van der Waals surface area contributed by atoms with E-state index in [0.29, 0.717) is 16.1 Å². The molecule has 0 spiro atoms. The van der Waals surface area contributed by atoms with Crippen molar-refractivity contribution in [2.24, 2.45) is 7.05 Å². The van der Waals surface area contributed by atoms with Crippen molar-refractivity contribution < 1.29 is 19.8 Å². The molecule has 0 saturated heterocycles. The fourth-order valence-electron chi connectivity index (χ4n) is 2.33. The van der Waals surface area contributed by atoms with Crippen molar-refractivity contribution in [2.75, 3.05) is 6.54 Å². The summed E-state index contributed by atoms with van der Waals surface area (Å²) in [5, 5.41) is 21.0. The quantitative estimate of drug-likeness (QED) is 0.778. The smallest absolute Gasteiger partial charge is 0.322 e. The van der Waals surface area contributed by atoms with Gasteiger partial charge in [-0.2, -0.15) is 0 Å². The Morgan fingerprint density at radius 1 is 1.45 bits per heavy atom. The lowest BCUT2D eigenvalue weighted by atomic mass is 10.2. The summed E-state index contributed by atoms with van der Waals surface area (Å²) in [6.45, 7) is -0.614. The molecule has 0 atom stereocenters. The molecular weight excluding hydrogens is 308 g/mol. The predicted molar refractivity (Wildman–Crippen MR) is 80.7 cm³/mol. The van der Waals surface area contributed by atoms with E-state index in [0.717, 1.165) is 17.7 Å². The Morgan fingerprint density at radius 2 is 2.14 bits per heavy atom. The van der Waals surface area contributed by atoms with Crippen LogP contribution in [0.15, 0.2) is 10.9 Å². The summed E-state index contributed by atoms with van der Waals surface area (Å²) in [7, 11) is 1.53. The van der Waals surface area contributed by atoms with Crippen LogP contribution in [0.1, 0.15) is 34.0 Å². The number of amides is 1. The normalized spacial score (nSPS) is 14.2. The van der Waals surface area contributed by atoms with Crippen LogP contribution >= 0.6 is 11.3 Å². The first-order valence-electron chi connectivity index (χ1n) is 6.75. The summed E-state index contributed by atoms with van der Waals surface area (Å²) in [4.78, 5) is 35.9. The molecule has 1 amide bonds. The zero-order valence-electron chi connectivity index (χ0n) is 11.8. The largest absolute Gasteiger partial charge is 0.505 e. The third-order valence-corrected chi connectivity index (χ3v) is 4.96. The summed E-state index contributed by atoms with van der Waals surface area (Å²) in [5.74, 6) is -2.02. The number of pyridine rings is 1. The maximum absolute atomic E-state index is 12.3. The van der Waals surface area contributed by atoms with Crippen LogP contribution < -0.4 is 10.9 Å². The summed E-state index contributed by atoms with van der Waals surface area (Å²) < 4.78 is 1.79. The second-order valence-electron chi connectivity index (χ2n) is 5.30. The number of nitrogens with zero attached hydrogens (tertiary/aromatic N) is 1. The Balaban J connectivity index is 2.12. The highest BCUT2D eigenvalue weighted by atomic mass is 32.1. The van der Waals surface area contributed by atoms with Crippen LogP contribution in [-0.2, 0) is 11.8 Å². The van der Waals surface area contributed by atoms with Crippen LogP contribution in [0.3, 0.4) is 0 Å². The summed E-state index contributed by atoms with van der Waals surface area (Å²) in [5.41, 5.74) is -0.474. The molecule has 0 unspecified atom stereocenters. The minimum atomic E-state index is -1.22. The number of nitrogens with one attached hydrogen (secondary N) is 1. The number of hydrogen-bond donors (Lipinski definition) is 3. The minimum absolute atomic E-state index is 0.377. The highest BCUT2D eigenvalue weighted by Crippen LogP contribution is 2.46. The van der Waals surface area contributed by atoms with Crippen molar-refractivity contribution in [1.29, 1.82) is 0 Å². The molecule has 0 aromatic carbocycles. The van der Waals surface area contributed by atoms with Gasteiger partial charge in [-0.25, -0.2) is 0 Å². The van der Waals surface area contributed by atoms with Gasteiger partial charge >= 0.3 is 5.97 Å². The lowest BCUT2D eigenvalue weighted by Crippen LogP contribution is -2.35. The molecule has 3 rings (SSSR count). The molecule has 1 aliphatic carbocycles. The number of aryl methyl sites for hydroxylation is 1. The zero-order valence-corrected chi connectivity index (χ0v) is 12.6. The van der Waals surface area contributed by atoms with Crippen molar-refractivity contribution in [3.05, 3.63) is 26.9 Å². The van der Waals surface area contributed by atoms with Crippen molar-refractivity contribution >= 4 is 33.4 Å². The summed E-state index contributed by atoms with van der Waals surface area (Å²) in [6, 6.07) is 1.87. The van der Waals surface area contributed by atoms with E-state index in [4.69, 9.17) is 5.11 Å². The molecule has 2 aromatic heterocycles. The molecule has 1 fully saturated rings. The molecular formula is C14H14N2O5S. The molecule has 2 aromatic rings. The van der Waals surface area contributed by atoms with E-state index < -0.39 is 29.5 Å². The molecule has 1 saturated carbocycles. The van der Waals surface area contributed by atoms with E-state index in [9.17, 15) is 19.5 Å². The average molecular weight is 322 g/mol. The first-order valence-corrected chi connectivity index (χ1v) is 7.57. The number of carbonyl (C=O) groups is 2. The maximum atomic E-state index is 12.3. The van der Waals surface area contributed by atoms with Crippen molar-refractivity contribution in [3.63, 3.8) is 0 Å². The van der Waals surface area contributed by atoms with Crippen molar-refractivity contribution in [1.82, 2.24) is 9.88 Å². The first-order chi connectivity index (χ1) is 10.4. The fraction of sp³-hybridized carbons (Fsp3) is 0.357. The van der Waals surface area contributed by atoms with Gasteiger partial charge in [0.05, 0.1) is 10.2 Å². The highest BCUT2D eigenvalue weighted by Gasteiger charge is 2.28. The molecule has 116 valence electrons. The molecule has 8 heteroatoms. The highest BCUT2D eigenvalue weighted by molar-refractivity contribution is 7.19. The van der Waals surface area contributed by atoms with Gasteiger partial charge in [0, 0.05) is 11.9 Å². The number of aromatic hydroxyl groups is 1. The Labute approximate surface area is 128 Å². The van der Waals surface area contributed by atoms with E-state index in [1.807, 2.05) is 6.07 Å². The number of fused-ring (bicyclic) bond motifs is 1. The molecule has 1 aliphatic rings. The summed E-state index contributed by atoms with van der Waals surface area (Å²) >= 11 is 1.37. The van der Waals surface area contributed by atoms with Gasteiger partial charge in [0.2, 0.25) is 0 Å². The van der Waals surface area contributed by atoms with Gasteiger partial charge in [0.1, 0.15) is 12.1 Å². The number of rotatable bonds is 4. The zero-order chi connectivity index (χ0) is 16.0. The van der Waals surface area contributed by atoms with Crippen molar-refractivity contribution in [3.8, 4) is 5.75 Å². The van der Waals surface area contributed by atoms with Gasteiger partial charge in [-0.3, -0.25) is 14.4 Å². The van der Waals surface area contributed by atoms with Gasteiger partial charge in [0.15, 0.2) is 5.75 Å². The van der Waals surface area contributed by atoms with E-state index in [2.05, 4.69) is 5.32 Å². The lowest BCUT2D eigenvalue weighted by molar-refractivity contribution is -0.135. The first kappa shape index (κ1) is 14.6. The molecule has 22 heavy (non-hydrogen) atoms. The van der Waals surface area contributed by atoms with Gasteiger partial charge in [0.25, 0.3) is 11.5 Å². The van der Waals surface area contributed by atoms with Crippen LogP contribution in [0.4, 0.5) is 0 Å². The Morgan fingerprint density at radius 3 is 2.73 bits per heavy atom. The number of carboxylic acids is 1. The number of aromatic nitrogens is 1. The van der Waals surface area contributed by atoms with E-state index in [1.54, 1.807) is 0 Å². The minimum Gasteiger partial charge on any atom is -0.505 e. The van der Waals surface area contributed by atoms with E-state index >= 15 is 0 Å². The summed E-state index contributed by atoms with van der Waals surface area (Å²) in [6.07, 6.45) is 2.18. The van der Waals surface area contributed by atoms with Gasteiger partial charge in [-0.1, -0.05) is 0 Å². The van der Waals surface area contributed by atoms with E-state index in [1.165, 1.54) is 23.0 Å². The second-order valence-corrected chi connectivity index (χ2v) is 6.39. The van der Waals surface area contributed by atoms with Crippen LogP contribution in [0.5, 0.6) is 5.75 Å². The SMILES string of the molecule is Cn1c(=O)c(C(=O)NCC(=O)O)c(O)c2sc(C3CC3)cc21. The monoisotopic (exact) mass is 322 g/mol. The second kappa shape index (κ2) is 5.13. The number of thiophene rings is 1. The number of carboxylic acid groups (broad SMARTS) is 1. The van der Waals surface area contributed by atoms with E-state index in [-0.39, 0.29) is 5.75 Å². The predicted octanol–water partition coefficient (Wildman–Crippen LogP) is 0.997.